The summed E-state index contributed by atoms with van der Waals surface area (Å²) in [5.74, 6) is 0.798. The van der Waals surface area contributed by atoms with Gasteiger partial charge in [-0.25, -0.2) is 0 Å². The van der Waals surface area contributed by atoms with Crippen LogP contribution in [0.4, 0.5) is 0 Å². The second kappa shape index (κ2) is 10.0. The summed E-state index contributed by atoms with van der Waals surface area (Å²) in [5, 5.41) is 6.75. The van der Waals surface area contributed by atoms with Crippen molar-refractivity contribution in [2.75, 3.05) is 26.7 Å². The van der Waals surface area contributed by atoms with Gasteiger partial charge in [-0.15, -0.1) is 0 Å². The SMILES string of the molecule is CCCCCNCC(CC)CNC. The number of hydrogen-bond acceptors (Lipinski definition) is 2. The van der Waals surface area contributed by atoms with E-state index < -0.39 is 0 Å². The zero-order valence-corrected chi connectivity index (χ0v) is 9.53. The summed E-state index contributed by atoms with van der Waals surface area (Å²) in [6, 6.07) is 0. The highest BCUT2D eigenvalue weighted by molar-refractivity contribution is 4.62. The lowest BCUT2D eigenvalue weighted by Crippen LogP contribution is -2.29. The Morgan fingerprint density at radius 1 is 1.08 bits per heavy atom. The minimum atomic E-state index is 0.798. The minimum absolute atomic E-state index is 0.798. The summed E-state index contributed by atoms with van der Waals surface area (Å²) in [6.45, 7) is 8.00. The van der Waals surface area contributed by atoms with Crippen molar-refractivity contribution in [2.24, 2.45) is 5.92 Å². The molecule has 2 nitrogen and oxygen atoms in total. The lowest BCUT2D eigenvalue weighted by molar-refractivity contribution is 0.441. The number of unbranched alkanes of at least 4 members (excludes halogenated alkanes) is 2. The van der Waals surface area contributed by atoms with Gasteiger partial charge < -0.3 is 10.6 Å². The molecule has 80 valence electrons. The molecule has 0 aliphatic carbocycles. The Kier molecular flexibility index (Phi) is 9.94. The Hall–Kier alpha value is -0.0800. The Morgan fingerprint density at radius 3 is 2.38 bits per heavy atom. The van der Waals surface area contributed by atoms with Gasteiger partial charge in [0.1, 0.15) is 0 Å². The van der Waals surface area contributed by atoms with Gasteiger partial charge in [-0.1, -0.05) is 33.1 Å². The predicted molar refractivity (Wildman–Crippen MR) is 60.1 cm³/mol. The van der Waals surface area contributed by atoms with E-state index in [0.717, 1.165) is 12.5 Å². The van der Waals surface area contributed by atoms with E-state index in [1.54, 1.807) is 0 Å². The molecule has 1 atom stereocenters. The summed E-state index contributed by atoms with van der Waals surface area (Å²) in [6.07, 6.45) is 5.26. The van der Waals surface area contributed by atoms with Crippen LogP contribution in [0.25, 0.3) is 0 Å². The molecule has 1 unspecified atom stereocenters. The normalized spacial score (nSPS) is 13.2. The van der Waals surface area contributed by atoms with E-state index in [1.807, 2.05) is 7.05 Å². The molecule has 0 aliphatic heterocycles. The standard InChI is InChI=1S/C11H26N2/c1-4-6-7-8-13-10-11(5-2)9-12-3/h11-13H,4-10H2,1-3H3. The van der Waals surface area contributed by atoms with Crippen molar-refractivity contribution in [3.8, 4) is 0 Å². The van der Waals surface area contributed by atoms with Gasteiger partial charge in [0.05, 0.1) is 0 Å². The number of nitrogens with one attached hydrogen (secondary N) is 2. The number of hydrogen-bond donors (Lipinski definition) is 2. The average Bonchev–Trinajstić information content (AvgIpc) is 2.16. The second-order valence-electron chi connectivity index (χ2n) is 3.74. The fourth-order valence-corrected chi connectivity index (χ4v) is 1.46. The van der Waals surface area contributed by atoms with Gasteiger partial charge in [-0.3, -0.25) is 0 Å². The highest BCUT2D eigenvalue weighted by Crippen LogP contribution is 1.98. The topological polar surface area (TPSA) is 24.1 Å². The minimum Gasteiger partial charge on any atom is -0.319 e. The number of rotatable bonds is 9. The first-order valence-corrected chi connectivity index (χ1v) is 5.70. The van der Waals surface area contributed by atoms with Crippen LogP contribution in [0, 0.1) is 5.92 Å². The van der Waals surface area contributed by atoms with Crippen molar-refractivity contribution >= 4 is 0 Å². The molecular weight excluding hydrogens is 160 g/mol. The van der Waals surface area contributed by atoms with E-state index in [4.69, 9.17) is 0 Å². The molecule has 0 heterocycles. The van der Waals surface area contributed by atoms with Gasteiger partial charge in [0.25, 0.3) is 0 Å². The van der Waals surface area contributed by atoms with E-state index in [2.05, 4.69) is 24.5 Å². The van der Waals surface area contributed by atoms with Crippen LogP contribution in [0.3, 0.4) is 0 Å². The van der Waals surface area contributed by atoms with Gasteiger partial charge in [-0.05, 0) is 39.0 Å². The molecule has 0 aromatic carbocycles. The van der Waals surface area contributed by atoms with E-state index in [1.165, 1.54) is 38.8 Å². The van der Waals surface area contributed by atoms with Crippen molar-refractivity contribution < 1.29 is 0 Å². The van der Waals surface area contributed by atoms with E-state index in [0.29, 0.717) is 0 Å². The third-order valence-electron chi connectivity index (χ3n) is 2.46. The van der Waals surface area contributed by atoms with Crippen molar-refractivity contribution in [2.45, 2.75) is 39.5 Å². The Balaban J connectivity index is 3.17. The molecule has 2 N–H and O–H groups in total. The van der Waals surface area contributed by atoms with E-state index in [-0.39, 0.29) is 0 Å². The third-order valence-corrected chi connectivity index (χ3v) is 2.46. The molecule has 0 amide bonds. The summed E-state index contributed by atoms with van der Waals surface area (Å²) in [4.78, 5) is 0. The fraction of sp³-hybridized carbons (Fsp3) is 1.00. The van der Waals surface area contributed by atoms with Crippen LogP contribution in [0.1, 0.15) is 39.5 Å². The molecule has 0 fully saturated rings. The van der Waals surface area contributed by atoms with Crippen molar-refractivity contribution in [3.63, 3.8) is 0 Å². The first-order valence-electron chi connectivity index (χ1n) is 5.70. The van der Waals surface area contributed by atoms with Crippen LogP contribution in [0.15, 0.2) is 0 Å². The van der Waals surface area contributed by atoms with Gasteiger partial charge in [0, 0.05) is 0 Å². The quantitative estimate of drug-likeness (QED) is 0.538. The van der Waals surface area contributed by atoms with Crippen molar-refractivity contribution in [3.05, 3.63) is 0 Å². The molecular formula is C11H26N2. The smallest absolute Gasteiger partial charge is 0.000849 e. The second-order valence-corrected chi connectivity index (χ2v) is 3.74. The first kappa shape index (κ1) is 12.9. The summed E-state index contributed by atoms with van der Waals surface area (Å²) in [7, 11) is 2.03. The van der Waals surface area contributed by atoms with E-state index >= 15 is 0 Å². The summed E-state index contributed by atoms with van der Waals surface area (Å²) < 4.78 is 0. The fourth-order valence-electron chi connectivity index (χ4n) is 1.46. The maximum atomic E-state index is 3.52. The molecule has 0 aliphatic rings. The van der Waals surface area contributed by atoms with Gasteiger partial charge >= 0.3 is 0 Å². The molecule has 13 heavy (non-hydrogen) atoms. The summed E-state index contributed by atoms with van der Waals surface area (Å²) >= 11 is 0. The van der Waals surface area contributed by atoms with Gasteiger partial charge in [0.15, 0.2) is 0 Å². The highest BCUT2D eigenvalue weighted by Gasteiger charge is 2.02. The molecule has 0 bridgehead atoms. The van der Waals surface area contributed by atoms with Gasteiger partial charge in [0.2, 0.25) is 0 Å². The van der Waals surface area contributed by atoms with Gasteiger partial charge in [-0.2, -0.15) is 0 Å². The first-order chi connectivity index (χ1) is 6.35. The monoisotopic (exact) mass is 186 g/mol. The van der Waals surface area contributed by atoms with Crippen LogP contribution in [0.5, 0.6) is 0 Å². The van der Waals surface area contributed by atoms with Crippen molar-refractivity contribution in [1.29, 1.82) is 0 Å². The largest absolute Gasteiger partial charge is 0.319 e. The summed E-state index contributed by atoms with van der Waals surface area (Å²) in [5.41, 5.74) is 0. The lowest BCUT2D eigenvalue weighted by Gasteiger charge is -2.14. The van der Waals surface area contributed by atoms with Crippen molar-refractivity contribution in [1.82, 2.24) is 10.6 Å². The maximum absolute atomic E-state index is 3.52. The molecule has 0 rings (SSSR count). The average molecular weight is 186 g/mol. The maximum Gasteiger partial charge on any atom is -0.000849 e. The van der Waals surface area contributed by atoms with Crippen LogP contribution >= 0.6 is 0 Å². The van der Waals surface area contributed by atoms with Crippen LogP contribution in [-0.4, -0.2) is 26.7 Å². The molecule has 0 aromatic rings. The Morgan fingerprint density at radius 2 is 1.85 bits per heavy atom. The molecule has 0 aromatic heterocycles. The molecule has 0 saturated heterocycles. The molecule has 2 heteroatoms. The Bertz CT molecular complexity index is 94.1. The molecule has 0 spiro atoms. The van der Waals surface area contributed by atoms with Crippen LogP contribution < -0.4 is 10.6 Å². The lowest BCUT2D eigenvalue weighted by atomic mass is 10.1. The highest BCUT2D eigenvalue weighted by atomic mass is 14.9. The predicted octanol–water partition coefficient (Wildman–Crippen LogP) is 2.01. The van der Waals surface area contributed by atoms with Crippen LogP contribution in [-0.2, 0) is 0 Å². The Labute approximate surface area is 83.5 Å². The molecule has 0 radical (unpaired) electrons. The van der Waals surface area contributed by atoms with Crippen LogP contribution in [0.2, 0.25) is 0 Å². The third kappa shape index (κ3) is 8.26. The molecule has 0 saturated carbocycles. The zero-order valence-electron chi connectivity index (χ0n) is 9.53. The zero-order chi connectivity index (χ0) is 9.94. The van der Waals surface area contributed by atoms with E-state index in [9.17, 15) is 0 Å².